The van der Waals surface area contributed by atoms with Gasteiger partial charge in [-0.1, -0.05) is 13.8 Å². The molecule has 114 valence electrons. The summed E-state index contributed by atoms with van der Waals surface area (Å²) in [6, 6.07) is 3.28. The van der Waals surface area contributed by atoms with E-state index in [2.05, 4.69) is 19.2 Å². The number of nitrogen functional groups attached to an aromatic ring is 1. The Morgan fingerprint density at radius 1 is 1.25 bits per heavy atom. The van der Waals surface area contributed by atoms with Gasteiger partial charge in [-0.25, -0.2) is 0 Å². The van der Waals surface area contributed by atoms with E-state index in [-0.39, 0.29) is 5.69 Å². The first-order chi connectivity index (χ1) is 9.30. The van der Waals surface area contributed by atoms with Crippen molar-refractivity contribution in [3.05, 3.63) is 23.8 Å². The van der Waals surface area contributed by atoms with Crippen LogP contribution in [-0.2, 0) is 10.9 Å². The minimum absolute atomic E-state index is 0.0852. The molecule has 0 radical (unpaired) electrons. The Hall–Kier alpha value is -1.43. The summed E-state index contributed by atoms with van der Waals surface area (Å²) in [4.78, 5) is 0. The third-order valence-corrected chi connectivity index (χ3v) is 2.78. The molecule has 0 atom stereocenters. The van der Waals surface area contributed by atoms with E-state index < -0.39 is 11.7 Å². The fraction of sp³-hybridized carbons (Fsp3) is 0.571. The molecule has 0 saturated heterocycles. The quantitative estimate of drug-likeness (QED) is 0.593. The Morgan fingerprint density at radius 3 is 2.50 bits per heavy atom. The Morgan fingerprint density at radius 2 is 1.95 bits per heavy atom. The SMILES string of the molecule is CC(C)CCOCCNc1ccc(C(F)(F)F)cc1N. The van der Waals surface area contributed by atoms with Crippen LogP contribution in [-0.4, -0.2) is 19.8 Å². The number of hydrogen-bond donors (Lipinski definition) is 2. The van der Waals surface area contributed by atoms with Crippen LogP contribution in [0.3, 0.4) is 0 Å². The third kappa shape index (κ3) is 5.69. The van der Waals surface area contributed by atoms with Gasteiger partial charge in [0.15, 0.2) is 0 Å². The lowest BCUT2D eigenvalue weighted by atomic mass is 10.1. The van der Waals surface area contributed by atoms with E-state index in [0.717, 1.165) is 18.6 Å². The first-order valence-corrected chi connectivity index (χ1v) is 6.59. The monoisotopic (exact) mass is 290 g/mol. The third-order valence-electron chi connectivity index (χ3n) is 2.78. The normalized spacial score (nSPS) is 11.9. The van der Waals surface area contributed by atoms with Crippen LogP contribution in [0, 0.1) is 5.92 Å². The van der Waals surface area contributed by atoms with Crippen LogP contribution in [0.15, 0.2) is 18.2 Å². The topological polar surface area (TPSA) is 47.3 Å². The number of nitrogens with two attached hydrogens (primary N) is 1. The average molecular weight is 290 g/mol. The molecule has 0 amide bonds. The van der Waals surface area contributed by atoms with Crippen LogP contribution in [0.4, 0.5) is 24.5 Å². The van der Waals surface area contributed by atoms with Crippen LogP contribution in [0.25, 0.3) is 0 Å². The number of halogens is 3. The summed E-state index contributed by atoms with van der Waals surface area (Å²) in [7, 11) is 0. The summed E-state index contributed by atoms with van der Waals surface area (Å²) < 4.78 is 42.8. The highest BCUT2D eigenvalue weighted by Gasteiger charge is 2.30. The maximum Gasteiger partial charge on any atom is 0.416 e. The van der Waals surface area contributed by atoms with Crippen LogP contribution in [0.1, 0.15) is 25.8 Å². The first-order valence-electron chi connectivity index (χ1n) is 6.59. The second-order valence-corrected chi connectivity index (χ2v) is 5.02. The summed E-state index contributed by atoms with van der Waals surface area (Å²) in [5.41, 5.74) is 5.43. The lowest BCUT2D eigenvalue weighted by Gasteiger charge is -2.13. The first kappa shape index (κ1) is 16.6. The number of alkyl halides is 3. The van der Waals surface area contributed by atoms with E-state index >= 15 is 0 Å². The predicted molar refractivity (Wildman–Crippen MR) is 74.6 cm³/mol. The van der Waals surface area contributed by atoms with Gasteiger partial charge in [-0.05, 0) is 30.5 Å². The van der Waals surface area contributed by atoms with Crippen LogP contribution < -0.4 is 11.1 Å². The predicted octanol–water partition coefficient (Wildman–Crippen LogP) is 3.76. The second kappa shape index (κ2) is 7.38. The average Bonchev–Trinajstić information content (AvgIpc) is 2.33. The van der Waals surface area contributed by atoms with Crippen molar-refractivity contribution in [3.8, 4) is 0 Å². The van der Waals surface area contributed by atoms with Gasteiger partial charge in [0.2, 0.25) is 0 Å². The number of nitrogens with one attached hydrogen (secondary N) is 1. The molecular weight excluding hydrogens is 269 g/mol. The molecule has 1 rings (SSSR count). The van der Waals surface area contributed by atoms with E-state index in [9.17, 15) is 13.2 Å². The van der Waals surface area contributed by atoms with E-state index in [1.54, 1.807) is 0 Å². The minimum Gasteiger partial charge on any atom is -0.397 e. The van der Waals surface area contributed by atoms with Gasteiger partial charge in [-0.2, -0.15) is 13.2 Å². The molecule has 1 aromatic carbocycles. The maximum absolute atomic E-state index is 12.5. The Kier molecular flexibility index (Phi) is 6.13. The highest BCUT2D eigenvalue weighted by molar-refractivity contribution is 5.67. The molecule has 1 aromatic rings. The molecule has 0 heterocycles. The van der Waals surface area contributed by atoms with Crippen molar-refractivity contribution in [2.75, 3.05) is 30.8 Å². The number of anilines is 2. The van der Waals surface area contributed by atoms with Crippen molar-refractivity contribution in [1.82, 2.24) is 0 Å². The van der Waals surface area contributed by atoms with Gasteiger partial charge in [0.05, 0.1) is 23.5 Å². The summed E-state index contributed by atoms with van der Waals surface area (Å²) >= 11 is 0. The van der Waals surface area contributed by atoms with E-state index in [1.165, 1.54) is 6.07 Å². The van der Waals surface area contributed by atoms with Crippen LogP contribution in [0.2, 0.25) is 0 Å². The van der Waals surface area contributed by atoms with Crippen molar-refractivity contribution in [1.29, 1.82) is 0 Å². The Bertz CT molecular complexity index is 419. The van der Waals surface area contributed by atoms with Gasteiger partial charge in [0.25, 0.3) is 0 Å². The van der Waals surface area contributed by atoms with Crippen molar-refractivity contribution < 1.29 is 17.9 Å². The molecule has 0 saturated carbocycles. The van der Waals surface area contributed by atoms with E-state index in [1.807, 2.05) is 0 Å². The zero-order valence-electron chi connectivity index (χ0n) is 11.8. The van der Waals surface area contributed by atoms with Gasteiger partial charge in [0.1, 0.15) is 0 Å². The van der Waals surface area contributed by atoms with Gasteiger partial charge in [0, 0.05) is 13.2 Å². The van der Waals surface area contributed by atoms with Crippen LogP contribution >= 0.6 is 0 Å². The zero-order chi connectivity index (χ0) is 15.2. The highest BCUT2D eigenvalue weighted by atomic mass is 19.4. The number of ether oxygens (including phenoxy) is 1. The van der Waals surface area contributed by atoms with Gasteiger partial charge < -0.3 is 15.8 Å². The minimum atomic E-state index is -4.37. The number of benzene rings is 1. The van der Waals surface area contributed by atoms with E-state index in [4.69, 9.17) is 10.5 Å². The van der Waals surface area contributed by atoms with Crippen molar-refractivity contribution in [2.45, 2.75) is 26.4 Å². The fourth-order valence-electron chi connectivity index (χ4n) is 1.58. The molecule has 0 aromatic heterocycles. The van der Waals surface area contributed by atoms with Crippen molar-refractivity contribution in [3.63, 3.8) is 0 Å². The molecule has 0 unspecified atom stereocenters. The number of hydrogen-bond acceptors (Lipinski definition) is 3. The van der Waals surface area contributed by atoms with Crippen molar-refractivity contribution in [2.24, 2.45) is 5.92 Å². The standard InChI is InChI=1S/C14H21F3N2O/c1-10(2)5-7-20-8-6-19-13-4-3-11(9-12(13)18)14(15,16)17/h3-4,9-10,19H,5-8,18H2,1-2H3. The molecule has 6 heteroatoms. The van der Waals surface area contributed by atoms with Gasteiger partial charge >= 0.3 is 6.18 Å². The zero-order valence-corrected chi connectivity index (χ0v) is 11.8. The summed E-state index contributed by atoms with van der Waals surface area (Å²) in [5, 5.41) is 2.96. The summed E-state index contributed by atoms with van der Waals surface area (Å²) in [6.07, 6.45) is -3.38. The molecular formula is C14H21F3N2O. The molecule has 0 fully saturated rings. The molecule has 0 aliphatic rings. The smallest absolute Gasteiger partial charge is 0.397 e. The van der Waals surface area contributed by atoms with E-state index in [0.29, 0.717) is 31.4 Å². The molecule has 0 aliphatic heterocycles. The summed E-state index contributed by atoms with van der Waals surface area (Å²) in [5.74, 6) is 0.591. The lowest BCUT2D eigenvalue weighted by Crippen LogP contribution is -2.13. The molecule has 20 heavy (non-hydrogen) atoms. The summed E-state index contributed by atoms with van der Waals surface area (Å²) in [6.45, 7) is 5.91. The second-order valence-electron chi connectivity index (χ2n) is 5.02. The molecule has 0 spiro atoms. The van der Waals surface area contributed by atoms with Crippen LogP contribution in [0.5, 0.6) is 0 Å². The Balaban J connectivity index is 2.38. The lowest BCUT2D eigenvalue weighted by molar-refractivity contribution is -0.137. The fourth-order valence-corrected chi connectivity index (χ4v) is 1.58. The van der Waals surface area contributed by atoms with Gasteiger partial charge in [-0.15, -0.1) is 0 Å². The maximum atomic E-state index is 12.5. The largest absolute Gasteiger partial charge is 0.416 e. The molecule has 3 N–H and O–H groups in total. The number of rotatable bonds is 7. The highest BCUT2D eigenvalue weighted by Crippen LogP contribution is 2.32. The van der Waals surface area contributed by atoms with Gasteiger partial charge in [-0.3, -0.25) is 0 Å². The van der Waals surface area contributed by atoms with Crippen molar-refractivity contribution >= 4 is 11.4 Å². The molecule has 0 bridgehead atoms. The Labute approximate surface area is 117 Å². The molecule has 0 aliphatic carbocycles. The molecule has 3 nitrogen and oxygen atoms in total.